The molecule has 2 N–H and O–H groups in total. The molecule has 3 aromatic rings. The maximum absolute atomic E-state index is 13.6. The largest absolute Gasteiger partial charge is 0.506 e. The van der Waals surface area contributed by atoms with Crippen molar-refractivity contribution >= 4 is 35.2 Å². The molecule has 1 unspecified atom stereocenters. The summed E-state index contributed by atoms with van der Waals surface area (Å²) in [7, 11) is 0. The number of phenolic OH excluding ortho intramolecular Hbond substituents is 1. The molecule has 2 amide bonds. The Balaban J connectivity index is 0.00000231. The molecule has 31 heavy (non-hydrogen) atoms. The molecule has 1 saturated heterocycles. The van der Waals surface area contributed by atoms with E-state index in [9.17, 15) is 19.1 Å². The molecular weight excluding hydrogens is 425 g/mol. The van der Waals surface area contributed by atoms with Gasteiger partial charge in [-0.3, -0.25) is 19.8 Å². The van der Waals surface area contributed by atoms with E-state index in [4.69, 9.17) is 4.52 Å². The minimum atomic E-state index is -0.648. The number of benzene rings is 2. The highest BCUT2D eigenvalue weighted by Crippen LogP contribution is 2.45. The first-order chi connectivity index (χ1) is 14.5. The second kappa shape index (κ2) is 7.94. The Kier molecular flexibility index (Phi) is 5.45. The van der Waals surface area contributed by atoms with E-state index in [1.807, 2.05) is 6.92 Å². The standard InChI is InChI=1S/C22H20FN3O4.ClH/c1-11(26-7-3-2-4-8-26)14-10-15-18(22(29)24-21(15)28)20(27)17(14)19-13-6-5-12(23)9-16(13)30-25-19;/h5-6,9-11,27H,2-4,7-8H2,1H3,(H,24,28,29);1H. The molecule has 1 atom stereocenters. The van der Waals surface area contributed by atoms with Crippen molar-refractivity contribution in [2.75, 3.05) is 13.1 Å². The Morgan fingerprint density at radius 3 is 2.61 bits per heavy atom. The highest BCUT2D eigenvalue weighted by molar-refractivity contribution is 6.24. The third-order valence-electron chi connectivity index (χ3n) is 6.09. The number of aromatic nitrogens is 1. The van der Waals surface area contributed by atoms with Crippen LogP contribution in [0.5, 0.6) is 5.75 Å². The number of piperidine rings is 1. The van der Waals surface area contributed by atoms with Gasteiger partial charge in [0.05, 0.1) is 22.1 Å². The zero-order valence-corrected chi connectivity index (χ0v) is 17.6. The number of fused-ring (bicyclic) bond motifs is 2. The predicted molar refractivity (Wildman–Crippen MR) is 114 cm³/mol. The highest BCUT2D eigenvalue weighted by atomic mass is 35.5. The molecule has 3 heterocycles. The molecule has 162 valence electrons. The lowest BCUT2D eigenvalue weighted by atomic mass is 9.90. The van der Waals surface area contributed by atoms with Crippen molar-refractivity contribution in [3.05, 3.63) is 46.8 Å². The Morgan fingerprint density at radius 2 is 1.87 bits per heavy atom. The first-order valence-corrected chi connectivity index (χ1v) is 10.0. The summed E-state index contributed by atoms with van der Waals surface area (Å²) in [6.45, 7) is 3.80. The summed E-state index contributed by atoms with van der Waals surface area (Å²) in [4.78, 5) is 26.9. The number of carbonyl (C=O) groups is 2. The number of carbonyl (C=O) groups excluding carboxylic acids is 2. The van der Waals surface area contributed by atoms with Crippen LogP contribution in [0.1, 0.15) is 58.5 Å². The van der Waals surface area contributed by atoms with E-state index in [0.29, 0.717) is 22.2 Å². The van der Waals surface area contributed by atoms with Crippen molar-refractivity contribution in [3.63, 3.8) is 0 Å². The van der Waals surface area contributed by atoms with Gasteiger partial charge < -0.3 is 9.63 Å². The molecule has 9 heteroatoms. The van der Waals surface area contributed by atoms with Gasteiger partial charge in [0.25, 0.3) is 11.8 Å². The third-order valence-corrected chi connectivity index (χ3v) is 6.09. The number of rotatable bonds is 3. The van der Waals surface area contributed by atoms with Crippen LogP contribution in [-0.2, 0) is 0 Å². The van der Waals surface area contributed by atoms with Gasteiger partial charge in [-0.25, -0.2) is 4.39 Å². The van der Waals surface area contributed by atoms with Crippen molar-refractivity contribution in [1.29, 1.82) is 0 Å². The van der Waals surface area contributed by atoms with Gasteiger partial charge in [-0.1, -0.05) is 11.6 Å². The van der Waals surface area contributed by atoms with E-state index in [1.54, 1.807) is 6.07 Å². The van der Waals surface area contributed by atoms with Gasteiger partial charge in [-0.2, -0.15) is 0 Å². The lowest BCUT2D eigenvalue weighted by molar-refractivity contribution is 0.0879. The predicted octanol–water partition coefficient (Wildman–Crippen LogP) is 4.19. The van der Waals surface area contributed by atoms with Crippen LogP contribution in [0.15, 0.2) is 28.8 Å². The van der Waals surface area contributed by atoms with Crippen LogP contribution in [-0.4, -0.2) is 40.1 Å². The van der Waals surface area contributed by atoms with Gasteiger partial charge in [0.2, 0.25) is 0 Å². The fraction of sp³-hybridized carbons (Fsp3) is 0.318. The second-order valence-electron chi connectivity index (χ2n) is 7.84. The number of imide groups is 1. The molecule has 2 aliphatic heterocycles. The number of hydrogen-bond acceptors (Lipinski definition) is 6. The Bertz CT molecular complexity index is 1200. The van der Waals surface area contributed by atoms with E-state index in [-0.39, 0.29) is 40.9 Å². The average molecular weight is 446 g/mol. The lowest BCUT2D eigenvalue weighted by Crippen LogP contribution is -2.32. The van der Waals surface area contributed by atoms with Crippen molar-refractivity contribution in [2.24, 2.45) is 0 Å². The van der Waals surface area contributed by atoms with Crippen LogP contribution < -0.4 is 5.32 Å². The number of halogens is 2. The minimum absolute atomic E-state index is 0. The first-order valence-electron chi connectivity index (χ1n) is 10.0. The number of nitrogens with zero attached hydrogens (tertiary/aromatic N) is 2. The van der Waals surface area contributed by atoms with Crippen LogP contribution in [0.25, 0.3) is 22.2 Å². The zero-order valence-electron chi connectivity index (χ0n) is 16.8. The summed E-state index contributed by atoms with van der Waals surface area (Å²) >= 11 is 0. The summed E-state index contributed by atoms with van der Waals surface area (Å²) < 4.78 is 18.9. The van der Waals surface area contributed by atoms with Crippen molar-refractivity contribution in [1.82, 2.24) is 15.4 Å². The molecule has 0 saturated carbocycles. The maximum atomic E-state index is 13.6. The molecule has 2 aromatic carbocycles. The van der Waals surface area contributed by atoms with Crippen LogP contribution in [0.4, 0.5) is 4.39 Å². The van der Waals surface area contributed by atoms with Gasteiger partial charge in [-0.05, 0) is 56.6 Å². The SMILES string of the molecule is CC(c1cc2c(c(O)c1-c1noc3cc(F)ccc13)C(=O)NC2=O)N1CCCCC1.Cl. The number of amides is 2. The van der Waals surface area contributed by atoms with Gasteiger partial charge in [0.15, 0.2) is 5.58 Å². The summed E-state index contributed by atoms with van der Waals surface area (Å²) in [5.74, 6) is -1.95. The molecule has 0 radical (unpaired) electrons. The minimum Gasteiger partial charge on any atom is -0.506 e. The molecular formula is C22H21ClFN3O4. The second-order valence-corrected chi connectivity index (χ2v) is 7.84. The van der Waals surface area contributed by atoms with Crippen molar-refractivity contribution in [3.8, 4) is 17.0 Å². The number of likely N-dealkylation sites (tertiary alicyclic amines) is 1. The number of aromatic hydroxyl groups is 1. The van der Waals surface area contributed by atoms with E-state index in [0.717, 1.165) is 25.9 Å². The molecule has 0 spiro atoms. The molecule has 0 aliphatic carbocycles. The normalized spacial score (nSPS) is 17.4. The monoisotopic (exact) mass is 445 g/mol. The van der Waals surface area contributed by atoms with E-state index in [1.165, 1.54) is 24.6 Å². The van der Waals surface area contributed by atoms with Crippen LogP contribution in [0.2, 0.25) is 0 Å². The summed E-state index contributed by atoms with van der Waals surface area (Å²) in [6.07, 6.45) is 3.31. The summed E-state index contributed by atoms with van der Waals surface area (Å²) in [6, 6.07) is 5.57. The smallest absolute Gasteiger partial charge is 0.262 e. The number of phenols is 1. The van der Waals surface area contributed by atoms with Crippen molar-refractivity contribution < 1.29 is 23.6 Å². The summed E-state index contributed by atoms with van der Waals surface area (Å²) in [5, 5.41) is 18.0. The van der Waals surface area contributed by atoms with Crippen LogP contribution in [0.3, 0.4) is 0 Å². The third kappa shape index (κ3) is 3.36. The topological polar surface area (TPSA) is 95.7 Å². The Hall–Kier alpha value is -2.97. The average Bonchev–Trinajstić information content (AvgIpc) is 3.27. The van der Waals surface area contributed by atoms with E-state index < -0.39 is 17.6 Å². The van der Waals surface area contributed by atoms with Crippen LogP contribution in [0, 0.1) is 5.82 Å². The molecule has 0 bridgehead atoms. The quantitative estimate of drug-likeness (QED) is 0.587. The molecule has 1 fully saturated rings. The number of hydrogen-bond donors (Lipinski definition) is 2. The molecule has 7 nitrogen and oxygen atoms in total. The zero-order chi connectivity index (χ0) is 21.0. The molecule has 1 aromatic heterocycles. The highest BCUT2D eigenvalue weighted by Gasteiger charge is 2.36. The van der Waals surface area contributed by atoms with Gasteiger partial charge in [0, 0.05) is 12.1 Å². The van der Waals surface area contributed by atoms with Crippen molar-refractivity contribution in [2.45, 2.75) is 32.2 Å². The van der Waals surface area contributed by atoms with E-state index >= 15 is 0 Å². The molecule has 5 rings (SSSR count). The van der Waals surface area contributed by atoms with Gasteiger partial charge >= 0.3 is 0 Å². The van der Waals surface area contributed by atoms with Gasteiger partial charge in [-0.15, -0.1) is 12.4 Å². The summed E-state index contributed by atoms with van der Waals surface area (Å²) in [5.41, 5.74) is 1.65. The maximum Gasteiger partial charge on any atom is 0.262 e. The lowest BCUT2D eigenvalue weighted by Gasteiger charge is -2.33. The fourth-order valence-corrected chi connectivity index (χ4v) is 4.50. The Labute approximate surface area is 183 Å². The first kappa shape index (κ1) is 21.3. The van der Waals surface area contributed by atoms with Crippen LogP contribution >= 0.6 is 12.4 Å². The molecule has 2 aliphatic rings. The fourth-order valence-electron chi connectivity index (χ4n) is 4.50. The number of nitrogens with one attached hydrogen (secondary N) is 1. The van der Waals surface area contributed by atoms with Gasteiger partial charge in [0.1, 0.15) is 17.3 Å². The Morgan fingerprint density at radius 1 is 1.13 bits per heavy atom. The van der Waals surface area contributed by atoms with E-state index in [2.05, 4.69) is 15.4 Å².